The van der Waals surface area contributed by atoms with E-state index in [1.54, 1.807) is 6.07 Å². The van der Waals surface area contributed by atoms with Crippen LogP contribution in [0.15, 0.2) is 66.9 Å². The Bertz CT molecular complexity index is 1030. The Morgan fingerprint density at radius 2 is 1.71 bits per heavy atom. The number of nitrogens with two attached hydrogens (primary N) is 1. The summed E-state index contributed by atoms with van der Waals surface area (Å²) in [5.74, 6) is -0.0137. The zero-order chi connectivity index (χ0) is 21.8. The van der Waals surface area contributed by atoms with Gasteiger partial charge >= 0.3 is 6.09 Å². The SMILES string of the molecule is Nc1ccnc(C(O)C(O)CCNC(=O)OCC2c3ccccc3-c3ccccc32)c1. The number of rotatable bonds is 7. The van der Waals surface area contributed by atoms with E-state index in [1.807, 2.05) is 24.3 Å². The van der Waals surface area contributed by atoms with Crippen molar-refractivity contribution in [2.24, 2.45) is 0 Å². The predicted octanol–water partition coefficient (Wildman–Crippen LogP) is 2.99. The van der Waals surface area contributed by atoms with Gasteiger partial charge in [-0.1, -0.05) is 48.5 Å². The molecular weight excluding hydrogens is 394 g/mol. The van der Waals surface area contributed by atoms with Crippen LogP contribution in [0, 0.1) is 0 Å². The van der Waals surface area contributed by atoms with Gasteiger partial charge in [-0.2, -0.15) is 0 Å². The molecule has 7 nitrogen and oxygen atoms in total. The molecule has 2 atom stereocenters. The molecule has 0 aliphatic heterocycles. The van der Waals surface area contributed by atoms with Crippen molar-refractivity contribution < 1.29 is 19.7 Å². The summed E-state index contributed by atoms with van der Waals surface area (Å²) in [5, 5.41) is 23.0. The van der Waals surface area contributed by atoms with Gasteiger partial charge in [0.05, 0.1) is 11.8 Å². The van der Waals surface area contributed by atoms with E-state index in [1.165, 1.54) is 23.4 Å². The fraction of sp³-hybridized carbons (Fsp3) is 0.250. The molecule has 2 unspecified atom stereocenters. The predicted molar refractivity (Wildman–Crippen MR) is 117 cm³/mol. The number of aliphatic hydroxyl groups excluding tert-OH is 2. The molecule has 2 aromatic carbocycles. The molecule has 0 fully saturated rings. The molecule has 31 heavy (non-hydrogen) atoms. The molecule has 1 aliphatic carbocycles. The number of pyridine rings is 1. The third-order valence-electron chi connectivity index (χ3n) is 5.53. The first-order valence-electron chi connectivity index (χ1n) is 10.2. The molecule has 160 valence electrons. The van der Waals surface area contributed by atoms with E-state index in [-0.39, 0.29) is 31.2 Å². The van der Waals surface area contributed by atoms with Crippen LogP contribution in [0.3, 0.4) is 0 Å². The number of alkyl carbamates (subject to hydrolysis) is 1. The van der Waals surface area contributed by atoms with Gasteiger partial charge in [-0.15, -0.1) is 0 Å². The summed E-state index contributed by atoms with van der Waals surface area (Å²) in [4.78, 5) is 16.2. The number of aromatic nitrogens is 1. The van der Waals surface area contributed by atoms with E-state index in [9.17, 15) is 15.0 Å². The molecule has 1 aliphatic rings. The van der Waals surface area contributed by atoms with Crippen molar-refractivity contribution >= 4 is 11.8 Å². The average molecular weight is 419 g/mol. The summed E-state index contributed by atoms with van der Waals surface area (Å²) < 4.78 is 5.46. The first-order chi connectivity index (χ1) is 15.0. The Kier molecular flexibility index (Phi) is 6.16. The molecule has 0 bridgehead atoms. The van der Waals surface area contributed by atoms with Crippen molar-refractivity contribution in [2.75, 3.05) is 18.9 Å². The van der Waals surface area contributed by atoms with Crippen molar-refractivity contribution in [3.8, 4) is 11.1 Å². The second-order valence-electron chi connectivity index (χ2n) is 7.57. The highest BCUT2D eigenvalue weighted by Crippen LogP contribution is 2.44. The van der Waals surface area contributed by atoms with Crippen LogP contribution in [0.2, 0.25) is 0 Å². The number of aliphatic hydroxyl groups is 2. The molecule has 0 radical (unpaired) electrons. The monoisotopic (exact) mass is 419 g/mol. The Labute approximate surface area is 180 Å². The second-order valence-corrected chi connectivity index (χ2v) is 7.57. The van der Waals surface area contributed by atoms with Crippen LogP contribution in [-0.4, -0.2) is 40.5 Å². The van der Waals surface area contributed by atoms with E-state index in [0.717, 1.165) is 11.1 Å². The van der Waals surface area contributed by atoms with Crippen LogP contribution >= 0.6 is 0 Å². The van der Waals surface area contributed by atoms with E-state index in [2.05, 4.69) is 34.6 Å². The largest absolute Gasteiger partial charge is 0.449 e. The summed E-state index contributed by atoms with van der Waals surface area (Å²) in [5.41, 5.74) is 11.0. The lowest BCUT2D eigenvalue weighted by Gasteiger charge is -2.18. The molecule has 1 aromatic heterocycles. The number of hydrogen-bond acceptors (Lipinski definition) is 6. The van der Waals surface area contributed by atoms with Crippen molar-refractivity contribution in [1.29, 1.82) is 0 Å². The molecule has 0 saturated heterocycles. The van der Waals surface area contributed by atoms with Crippen LogP contribution in [0.25, 0.3) is 11.1 Å². The third kappa shape index (κ3) is 4.52. The summed E-state index contributed by atoms with van der Waals surface area (Å²) >= 11 is 0. The number of nitrogens with one attached hydrogen (secondary N) is 1. The second kappa shape index (κ2) is 9.16. The smallest absolute Gasteiger partial charge is 0.407 e. The number of amides is 1. The topological polar surface area (TPSA) is 118 Å². The maximum absolute atomic E-state index is 12.2. The molecule has 0 spiro atoms. The first-order valence-corrected chi connectivity index (χ1v) is 10.2. The van der Waals surface area contributed by atoms with E-state index < -0.39 is 18.3 Å². The van der Waals surface area contributed by atoms with E-state index in [0.29, 0.717) is 5.69 Å². The fourth-order valence-corrected chi connectivity index (χ4v) is 3.95. The molecule has 4 rings (SSSR count). The van der Waals surface area contributed by atoms with Gasteiger partial charge in [0.1, 0.15) is 12.7 Å². The third-order valence-corrected chi connectivity index (χ3v) is 5.53. The zero-order valence-corrected chi connectivity index (χ0v) is 16.9. The number of benzene rings is 2. The molecule has 1 amide bonds. The zero-order valence-electron chi connectivity index (χ0n) is 16.9. The van der Waals surface area contributed by atoms with Crippen LogP contribution in [0.4, 0.5) is 10.5 Å². The number of ether oxygens (including phenoxy) is 1. The average Bonchev–Trinajstić information content (AvgIpc) is 3.11. The summed E-state index contributed by atoms with van der Waals surface area (Å²) in [6.07, 6.45) is -1.24. The van der Waals surface area contributed by atoms with Gasteiger partial charge in [0.2, 0.25) is 0 Å². The minimum atomic E-state index is -1.19. The normalized spacial score (nSPS) is 14.4. The molecule has 7 heteroatoms. The maximum atomic E-state index is 12.2. The van der Waals surface area contributed by atoms with Gasteiger partial charge in [0, 0.05) is 24.3 Å². The maximum Gasteiger partial charge on any atom is 0.407 e. The van der Waals surface area contributed by atoms with Gasteiger partial charge in [-0.25, -0.2) is 4.79 Å². The van der Waals surface area contributed by atoms with E-state index in [4.69, 9.17) is 10.5 Å². The Morgan fingerprint density at radius 3 is 2.35 bits per heavy atom. The fourth-order valence-electron chi connectivity index (χ4n) is 3.95. The van der Waals surface area contributed by atoms with Gasteiger partial charge in [-0.3, -0.25) is 4.98 Å². The van der Waals surface area contributed by atoms with E-state index >= 15 is 0 Å². The first kappa shape index (κ1) is 20.8. The number of carbonyl (C=O) groups is 1. The number of nitrogen functional groups attached to an aromatic ring is 1. The lowest BCUT2D eigenvalue weighted by molar-refractivity contribution is 0.0112. The minimum absolute atomic E-state index is 0.0137. The Balaban J connectivity index is 1.28. The number of anilines is 1. The number of fused-ring (bicyclic) bond motifs is 3. The highest BCUT2D eigenvalue weighted by molar-refractivity contribution is 5.79. The van der Waals surface area contributed by atoms with Crippen LogP contribution in [0.1, 0.15) is 35.3 Å². The number of nitrogens with zero attached hydrogens (tertiary/aromatic N) is 1. The number of carbonyl (C=O) groups excluding carboxylic acids is 1. The summed E-state index contributed by atoms with van der Waals surface area (Å²) in [6, 6.07) is 19.4. The standard InChI is InChI=1S/C24H25N3O4/c25-15-9-11-26-21(13-15)23(29)22(28)10-12-27-24(30)31-14-20-18-7-3-1-5-16(18)17-6-2-4-8-19(17)20/h1-9,11,13,20,22-23,28-29H,10,12,14H2,(H2,25,26)(H,27,30). The molecular formula is C24H25N3O4. The molecule has 5 N–H and O–H groups in total. The van der Waals surface area contributed by atoms with Crippen molar-refractivity contribution in [2.45, 2.75) is 24.5 Å². The summed E-state index contributed by atoms with van der Waals surface area (Å²) in [6.45, 7) is 0.371. The van der Waals surface area contributed by atoms with Gasteiger partial charge < -0.3 is 26.0 Å². The minimum Gasteiger partial charge on any atom is -0.449 e. The Hall–Kier alpha value is -3.42. The van der Waals surface area contributed by atoms with Crippen molar-refractivity contribution in [1.82, 2.24) is 10.3 Å². The van der Waals surface area contributed by atoms with Gasteiger partial charge in [0.25, 0.3) is 0 Å². The highest BCUT2D eigenvalue weighted by Gasteiger charge is 2.29. The van der Waals surface area contributed by atoms with Crippen molar-refractivity contribution in [3.63, 3.8) is 0 Å². The van der Waals surface area contributed by atoms with Crippen molar-refractivity contribution in [3.05, 3.63) is 83.7 Å². The summed E-state index contributed by atoms with van der Waals surface area (Å²) in [7, 11) is 0. The van der Waals surface area contributed by atoms with Gasteiger partial charge in [0.15, 0.2) is 0 Å². The van der Waals surface area contributed by atoms with Gasteiger partial charge in [-0.05, 0) is 40.8 Å². The lowest BCUT2D eigenvalue weighted by atomic mass is 9.98. The Morgan fingerprint density at radius 1 is 1.06 bits per heavy atom. The van der Waals surface area contributed by atoms with Crippen LogP contribution < -0.4 is 11.1 Å². The molecule has 0 saturated carbocycles. The highest BCUT2D eigenvalue weighted by atomic mass is 16.5. The quantitative estimate of drug-likeness (QED) is 0.468. The number of hydrogen-bond donors (Lipinski definition) is 4. The van der Waals surface area contributed by atoms with Crippen LogP contribution in [-0.2, 0) is 4.74 Å². The molecule has 3 aromatic rings. The van der Waals surface area contributed by atoms with Crippen LogP contribution in [0.5, 0.6) is 0 Å². The lowest BCUT2D eigenvalue weighted by Crippen LogP contribution is -2.30. The molecule has 1 heterocycles.